The summed E-state index contributed by atoms with van der Waals surface area (Å²) in [6.07, 6.45) is 1.14. The Morgan fingerprint density at radius 3 is 3.00 bits per heavy atom. The van der Waals surface area contributed by atoms with Gasteiger partial charge < -0.3 is 14.4 Å². The van der Waals surface area contributed by atoms with Gasteiger partial charge in [-0.05, 0) is 6.07 Å². The average molecular weight is 220 g/mol. The van der Waals surface area contributed by atoms with Crippen molar-refractivity contribution in [3.63, 3.8) is 0 Å². The Morgan fingerprint density at radius 1 is 1.50 bits per heavy atom. The molecule has 0 amide bonds. The molecule has 2 aromatic heterocycles. The number of pyridine rings is 1. The minimum atomic E-state index is -1.11. The summed E-state index contributed by atoms with van der Waals surface area (Å²) in [7, 11) is 1.48. The molecule has 6 heteroatoms. The molecule has 0 aliphatic rings. The van der Waals surface area contributed by atoms with Gasteiger partial charge in [0.05, 0.1) is 13.3 Å². The summed E-state index contributed by atoms with van der Waals surface area (Å²) in [6.45, 7) is 0. The lowest BCUT2D eigenvalue weighted by Crippen LogP contribution is -1.97. The number of rotatable bonds is 3. The second-order valence-electron chi connectivity index (χ2n) is 2.94. The van der Waals surface area contributed by atoms with Crippen LogP contribution in [0.25, 0.3) is 11.5 Å². The summed E-state index contributed by atoms with van der Waals surface area (Å²) < 4.78 is 9.80. The molecule has 0 aliphatic heterocycles. The van der Waals surface area contributed by atoms with Crippen molar-refractivity contribution in [1.29, 1.82) is 0 Å². The van der Waals surface area contributed by atoms with Crippen LogP contribution in [0.15, 0.2) is 28.9 Å². The van der Waals surface area contributed by atoms with Crippen molar-refractivity contribution in [2.75, 3.05) is 7.11 Å². The molecular weight excluding hydrogens is 212 g/mol. The van der Waals surface area contributed by atoms with Crippen LogP contribution in [0.3, 0.4) is 0 Å². The molecule has 16 heavy (non-hydrogen) atoms. The summed E-state index contributed by atoms with van der Waals surface area (Å²) in [5, 5.41) is 12.3. The molecule has 0 saturated heterocycles. The Kier molecular flexibility index (Phi) is 2.55. The van der Waals surface area contributed by atoms with Crippen molar-refractivity contribution in [3.05, 3.63) is 30.0 Å². The van der Waals surface area contributed by atoms with Gasteiger partial charge in [0.2, 0.25) is 5.88 Å². The molecule has 82 valence electrons. The number of aromatic nitrogens is 2. The number of nitrogens with zero attached hydrogens (tertiary/aromatic N) is 2. The second kappa shape index (κ2) is 4.01. The molecule has 2 aromatic rings. The molecular formula is C10H8N2O4. The summed E-state index contributed by atoms with van der Waals surface area (Å²) in [5.74, 6) is -0.613. The van der Waals surface area contributed by atoms with E-state index in [0.717, 1.165) is 6.20 Å². The van der Waals surface area contributed by atoms with Gasteiger partial charge in [-0.1, -0.05) is 11.2 Å². The van der Waals surface area contributed by atoms with Crippen molar-refractivity contribution in [1.82, 2.24) is 10.1 Å². The minimum Gasteiger partial charge on any atom is -0.481 e. The third-order valence-electron chi connectivity index (χ3n) is 1.97. The number of methoxy groups -OCH3 is 1. The largest absolute Gasteiger partial charge is 0.481 e. The first-order valence-corrected chi connectivity index (χ1v) is 4.41. The zero-order chi connectivity index (χ0) is 11.5. The fourth-order valence-electron chi connectivity index (χ4n) is 1.23. The van der Waals surface area contributed by atoms with E-state index in [1.54, 1.807) is 18.2 Å². The Labute approximate surface area is 90.5 Å². The van der Waals surface area contributed by atoms with Crippen molar-refractivity contribution >= 4 is 5.97 Å². The summed E-state index contributed by atoms with van der Waals surface area (Å²) in [5.41, 5.74) is 0.343. The first-order chi connectivity index (χ1) is 7.72. The van der Waals surface area contributed by atoms with Crippen LogP contribution < -0.4 is 4.74 Å². The molecule has 6 nitrogen and oxygen atoms in total. The fourth-order valence-corrected chi connectivity index (χ4v) is 1.23. The maximum atomic E-state index is 10.9. The van der Waals surface area contributed by atoms with E-state index in [1.165, 1.54) is 7.11 Å². The van der Waals surface area contributed by atoms with Crippen molar-refractivity contribution in [3.8, 4) is 17.3 Å². The zero-order valence-corrected chi connectivity index (χ0v) is 8.38. The standard InChI is InChI=1S/C10H8N2O4/c1-15-8-4-2-3-7(12-8)9-6(10(13)14)5-11-16-9/h2-5H,1H3,(H,13,14). The monoisotopic (exact) mass is 220 g/mol. The SMILES string of the molecule is COc1cccc(-c2oncc2C(=O)O)n1. The van der Waals surface area contributed by atoms with E-state index in [2.05, 4.69) is 10.1 Å². The topological polar surface area (TPSA) is 85.5 Å². The van der Waals surface area contributed by atoms with Crippen LogP contribution >= 0.6 is 0 Å². The third-order valence-corrected chi connectivity index (χ3v) is 1.97. The van der Waals surface area contributed by atoms with E-state index in [-0.39, 0.29) is 11.3 Å². The van der Waals surface area contributed by atoms with Gasteiger partial charge in [0.25, 0.3) is 0 Å². The molecule has 0 bridgehead atoms. The number of carbonyl (C=O) groups is 1. The smallest absolute Gasteiger partial charge is 0.341 e. The zero-order valence-electron chi connectivity index (χ0n) is 8.38. The molecule has 0 aliphatic carbocycles. The normalized spacial score (nSPS) is 10.1. The van der Waals surface area contributed by atoms with Gasteiger partial charge in [-0.2, -0.15) is 0 Å². The molecule has 0 atom stereocenters. The Hall–Kier alpha value is -2.37. The van der Waals surface area contributed by atoms with Crippen LogP contribution in [0.5, 0.6) is 5.88 Å². The molecule has 0 spiro atoms. The van der Waals surface area contributed by atoms with Gasteiger partial charge in [-0.3, -0.25) is 0 Å². The predicted octanol–water partition coefficient (Wildman–Crippen LogP) is 1.44. The van der Waals surface area contributed by atoms with E-state index in [9.17, 15) is 4.79 Å². The first kappa shape index (κ1) is 10.2. The molecule has 2 rings (SSSR count). The van der Waals surface area contributed by atoms with Gasteiger partial charge in [-0.15, -0.1) is 0 Å². The highest BCUT2D eigenvalue weighted by molar-refractivity contribution is 5.93. The van der Waals surface area contributed by atoms with Gasteiger partial charge in [0.15, 0.2) is 5.76 Å². The molecule has 1 N–H and O–H groups in total. The number of hydrogen-bond acceptors (Lipinski definition) is 5. The minimum absolute atomic E-state index is 0.0271. The number of aromatic carboxylic acids is 1. The fraction of sp³-hybridized carbons (Fsp3) is 0.100. The maximum Gasteiger partial charge on any atom is 0.341 e. The maximum absolute atomic E-state index is 10.9. The summed E-state index contributed by atoms with van der Waals surface area (Å²) in [4.78, 5) is 14.9. The van der Waals surface area contributed by atoms with Gasteiger partial charge in [0, 0.05) is 6.07 Å². The summed E-state index contributed by atoms with van der Waals surface area (Å²) in [6, 6.07) is 4.96. The van der Waals surface area contributed by atoms with Crippen LogP contribution in [0.4, 0.5) is 0 Å². The summed E-state index contributed by atoms with van der Waals surface area (Å²) >= 11 is 0. The van der Waals surface area contributed by atoms with Crippen LogP contribution in [0.2, 0.25) is 0 Å². The van der Waals surface area contributed by atoms with Crippen LogP contribution in [0, 0.1) is 0 Å². The Morgan fingerprint density at radius 2 is 2.31 bits per heavy atom. The average Bonchev–Trinajstić information content (AvgIpc) is 2.78. The molecule has 0 fully saturated rings. The third kappa shape index (κ3) is 1.72. The van der Waals surface area contributed by atoms with Crippen molar-refractivity contribution < 1.29 is 19.2 Å². The number of ether oxygens (including phenoxy) is 1. The van der Waals surface area contributed by atoms with Crippen LogP contribution in [-0.2, 0) is 0 Å². The lowest BCUT2D eigenvalue weighted by atomic mass is 10.2. The van der Waals surface area contributed by atoms with Crippen LogP contribution in [-0.4, -0.2) is 28.3 Å². The molecule has 0 unspecified atom stereocenters. The highest BCUT2D eigenvalue weighted by Gasteiger charge is 2.18. The highest BCUT2D eigenvalue weighted by atomic mass is 16.5. The molecule has 2 heterocycles. The lowest BCUT2D eigenvalue weighted by Gasteiger charge is -2.00. The number of carboxylic acids is 1. The predicted molar refractivity (Wildman–Crippen MR) is 53.2 cm³/mol. The van der Waals surface area contributed by atoms with E-state index in [4.69, 9.17) is 14.4 Å². The Bertz CT molecular complexity index is 521. The van der Waals surface area contributed by atoms with E-state index < -0.39 is 5.97 Å². The molecule has 0 radical (unpaired) electrons. The van der Waals surface area contributed by atoms with Crippen molar-refractivity contribution in [2.45, 2.75) is 0 Å². The van der Waals surface area contributed by atoms with Crippen LogP contribution in [0.1, 0.15) is 10.4 Å². The highest BCUT2D eigenvalue weighted by Crippen LogP contribution is 2.23. The lowest BCUT2D eigenvalue weighted by molar-refractivity contribution is 0.0697. The van der Waals surface area contributed by atoms with E-state index in [1.807, 2.05) is 0 Å². The molecule has 0 aromatic carbocycles. The Balaban J connectivity index is 2.50. The molecule has 0 saturated carbocycles. The quantitative estimate of drug-likeness (QED) is 0.842. The van der Waals surface area contributed by atoms with Gasteiger partial charge in [0.1, 0.15) is 11.3 Å². The van der Waals surface area contributed by atoms with E-state index in [0.29, 0.717) is 11.6 Å². The van der Waals surface area contributed by atoms with Gasteiger partial charge in [-0.25, -0.2) is 9.78 Å². The number of carboxylic acid groups (broad SMARTS) is 1. The van der Waals surface area contributed by atoms with Gasteiger partial charge >= 0.3 is 5.97 Å². The van der Waals surface area contributed by atoms with E-state index >= 15 is 0 Å². The first-order valence-electron chi connectivity index (χ1n) is 4.41. The van der Waals surface area contributed by atoms with Crippen molar-refractivity contribution in [2.24, 2.45) is 0 Å². The second-order valence-corrected chi connectivity index (χ2v) is 2.94. The number of hydrogen-bond donors (Lipinski definition) is 1.